The molecule has 0 bridgehead atoms. The van der Waals surface area contributed by atoms with Gasteiger partial charge in [0.05, 0.1) is 12.2 Å². The minimum Gasteiger partial charge on any atom is -0.491 e. The Morgan fingerprint density at radius 2 is 1.95 bits per heavy atom. The number of aryl methyl sites for hydroxylation is 2. The molecule has 0 unspecified atom stereocenters. The van der Waals surface area contributed by atoms with Crippen LogP contribution in [0.2, 0.25) is 0 Å². The summed E-state index contributed by atoms with van der Waals surface area (Å²) < 4.78 is 7.77. The van der Waals surface area contributed by atoms with Gasteiger partial charge in [0.25, 0.3) is 0 Å². The number of hydrogen-bond donors (Lipinski definition) is 1. The summed E-state index contributed by atoms with van der Waals surface area (Å²) in [4.78, 5) is 0. The van der Waals surface area contributed by atoms with Gasteiger partial charge in [0.15, 0.2) is 0 Å². The summed E-state index contributed by atoms with van der Waals surface area (Å²) >= 11 is 0. The monoisotopic (exact) mass is 288 g/mol. The summed E-state index contributed by atoms with van der Waals surface area (Å²) in [6.45, 7) is 11.3. The van der Waals surface area contributed by atoms with Gasteiger partial charge in [0, 0.05) is 12.7 Å². The lowest BCUT2D eigenvalue weighted by Gasteiger charge is -2.13. The predicted octanol–water partition coefficient (Wildman–Crippen LogP) is 2.39. The van der Waals surface area contributed by atoms with Crippen LogP contribution in [0.15, 0.2) is 18.3 Å². The van der Waals surface area contributed by atoms with Crippen LogP contribution in [-0.4, -0.2) is 28.1 Å². The minimum absolute atomic E-state index is 0.592. The van der Waals surface area contributed by atoms with E-state index in [2.05, 4.69) is 55.5 Å². The van der Waals surface area contributed by atoms with Gasteiger partial charge in [-0.05, 0) is 44.0 Å². The molecule has 0 amide bonds. The number of nitrogens with one attached hydrogen (secondary N) is 1. The highest BCUT2D eigenvalue weighted by Gasteiger charge is 2.07. The first kappa shape index (κ1) is 15.5. The van der Waals surface area contributed by atoms with E-state index in [0.29, 0.717) is 13.2 Å². The fourth-order valence-electron chi connectivity index (χ4n) is 2.17. The predicted molar refractivity (Wildman–Crippen MR) is 83.6 cm³/mol. The van der Waals surface area contributed by atoms with Gasteiger partial charge in [-0.3, -0.25) is 0 Å². The van der Waals surface area contributed by atoms with Crippen molar-refractivity contribution in [1.29, 1.82) is 0 Å². The van der Waals surface area contributed by atoms with E-state index in [4.69, 9.17) is 4.74 Å². The van der Waals surface area contributed by atoms with Gasteiger partial charge in [-0.25, -0.2) is 4.68 Å². The molecule has 0 spiro atoms. The van der Waals surface area contributed by atoms with Crippen molar-refractivity contribution in [2.75, 3.05) is 13.2 Å². The standard InChI is InChI=1S/C16H24N4O/c1-5-17-10-15-11-20(19-18-15)8-9-21-16-13(3)7-6-12(2)14(16)4/h6-7,11,17H,5,8-10H2,1-4H3. The van der Waals surface area contributed by atoms with Crippen LogP contribution in [-0.2, 0) is 13.1 Å². The lowest BCUT2D eigenvalue weighted by atomic mass is 10.1. The summed E-state index contributed by atoms with van der Waals surface area (Å²) in [6.07, 6.45) is 1.96. The molecule has 0 aliphatic carbocycles. The van der Waals surface area contributed by atoms with E-state index < -0.39 is 0 Å². The molecule has 1 heterocycles. The highest BCUT2D eigenvalue weighted by Crippen LogP contribution is 2.25. The van der Waals surface area contributed by atoms with Crippen molar-refractivity contribution < 1.29 is 4.74 Å². The molecular formula is C16H24N4O. The van der Waals surface area contributed by atoms with E-state index in [1.54, 1.807) is 0 Å². The molecule has 1 N–H and O–H groups in total. The van der Waals surface area contributed by atoms with Crippen LogP contribution in [0.25, 0.3) is 0 Å². The highest BCUT2D eigenvalue weighted by atomic mass is 16.5. The van der Waals surface area contributed by atoms with E-state index >= 15 is 0 Å². The Morgan fingerprint density at radius 1 is 1.19 bits per heavy atom. The maximum Gasteiger partial charge on any atom is 0.125 e. The van der Waals surface area contributed by atoms with Crippen molar-refractivity contribution >= 4 is 0 Å². The summed E-state index contributed by atoms with van der Waals surface area (Å²) in [5.41, 5.74) is 4.59. The first-order chi connectivity index (χ1) is 10.1. The van der Waals surface area contributed by atoms with Gasteiger partial charge in [-0.2, -0.15) is 0 Å². The van der Waals surface area contributed by atoms with Crippen LogP contribution in [0.1, 0.15) is 29.3 Å². The van der Waals surface area contributed by atoms with Crippen molar-refractivity contribution in [2.45, 2.75) is 40.8 Å². The number of nitrogens with zero attached hydrogens (tertiary/aromatic N) is 3. The van der Waals surface area contributed by atoms with Crippen LogP contribution in [0.5, 0.6) is 5.75 Å². The second-order valence-electron chi connectivity index (χ2n) is 5.26. The lowest BCUT2D eigenvalue weighted by molar-refractivity contribution is 0.286. The van der Waals surface area contributed by atoms with Gasteiger partial charge in [-0.1, -0.05) is 24.3 Å². The van der Waals surface area contributed by atoms with Gasteiger partial charge in [0.2, 0.25) is 0 Å². The number of ether oxygens (including phenoxy) is 1. The average molecular weight is 288 g/mol. The average Bonchev–Trinajstić information content (AvgIpc) is 2.92. The quantitative estimate of drug-likeness (QED) is 0.850. The fourth-order valence-corrected chi connectivity index (χ4v) is 2.17. The Balaban J connectivity index is 1.90. The Hall–Kier alpha value is -1.88. The van der Waals surface area contributed by atoms with E-state index in [0.717, 1.165) is 24.5 Å². The largest absolute Gasteiger partial charge is 0.491 e. The maximum atomic E-state index is 5.94. The zero-order valence-electron chi connectivity index (χ0n) is 13.3. The van der Waals surface area contributed by atoms with Crippen molar-refractivity contribution in [3.63, 3.8) is 0 Å². The molecule has 0 fully saturated rings. The molecule has 2 aromatic rings. The number of benzene rings is 1. The van der Waals surface area contributed by atoms with Crippen LogP contribution in [0, 0.1) is 20.8 Å². The summed E-state index contributed by atoms with van der Waals surface area (Å²) in [6, 6.07) is 4.23. The Labute approximate surface area is 126 Å². The highest BCUT2D eigenvalue weighted by molar-refractivity contribution is 5.44. The lowest BCUT2D eigenvalue weighted by Crippen LogP contribution is -2.12. The first-order valence-corrected chi connectivity index (χ1v) is 7.41. The van der Waals surface area contributed by atoms with E-state index in [-0.39, 0.29) is 0 Å². The molecule has 5 heteroatoms. The molecule has 1 aromatic heterocycles. The van der Waals surface area contributed by atoms with Crippen molar-refractivity contribution in [1.82, 2.24) is 20.3 Å². The van der Waals surface area contributed by atoms with Gasteiger partial charge >= 0.3 is 0 Å². The number of rotatable bonds is 7. The normalized spacial score (nSPS) is 10.9. The molecule has 0 atom stereocenters. The molecule has 1 aromatic carbocycles. The molecule has 0 saturated heterocycles. The molecular weight excluding hydrogens is 264 g/mol. The van der Waals surface area contributed by atoms with Gasteiger partial charge in [0.1, 0.15) is 12.4 Å². The number of aromatic nitrogens is 3. The molecule has 0 radical (unpaired) electrons. The molecule has 5 nitrogen and oxygen atoms in total. The fraction of sp³-hybridized carbons (Fsp3) is 0.500. The zero-order valence-corrected chi connectivity index (χ0v) is 13.3. The Kier molecular flexibility index (Phi) is 5.33. The van der Waals surface area contributed by atoms with Crippen LogP contribution < -0.4 is 10.1 Å². The smallest absolute Gasteiger partial charge is 0.125 e. The Bertz CT molecular complexity index is 592. The zero-order chi connectivity index (χ0) is 15.2. The van der Waals surface area contributed by atoms with Crippen LogP contribution in [0.3, 0.4) is 0 Å². The molecule has 2 rings (SSSR count). The second-order valence-corrected chi connectivity index (χ2v) is 5.26. The third kappa shape index (κ3) is 4.04. The number of hydrogen-bond acceptors (Lipinski definition) is 4. The SMILES string of the molecule is CCNCc1cn(CCOc2c(C)ccc(C)c2C)nn1. The van der Waals surface area contributed by atoms with Gasteiger partial charge in [-0.15, -0.1) is 5.10 Å². The third-order valence-corrected chi connectivity index (χ3v) is 3.58. The summed E-state index contributed by atoms with van der Waals surface area (Å²) in [7, 11) is 0. The minimum atomic E-state index is 0.592. The summed E-state index contributed by atoms with van der Waals surface area (Å²) in [5.74, 6) is 0.989. The van der Waals surface area contributed by atoms with Crippen LogP contribution >= 0.6 is 0 Å². The van der Waals surface area contributed by atoms with Crippen molar-refractivity contribution in [2.24, 2.45) is 0 Å². The molecule has 21 heavy (non-hydrogen) atoms. The third-order valence-electron chi connectivity index (χ3n) is 3.58. The maximum absolute atomic E-state index is 5.94. The van der Waals surface area contributed by atoms with E-state index in [1.165, 1.54) is 16.7 Å². The molecule has 0 aliphatic heterocycles. The van der Waals surface area contributed by atoms with E-state index in [1.807, 2.05) is 10.9 Å². The van der Waals surface area contributed by atoms with Crippen molar-refractivity contribution in [3.8, 4) is 5.75 Å². The molecule has 114 valence electrons. The first-order valence-electron chi connectivity index (χ1n) is 7.41. The van der Waals surface area contributed by atoms with Crippen molar-refractivity contribution in [3.05, 3.63) is 40.7 Å². The van der Waals surface area contributed by atoms with Gasteiger partial charge < -0.3 is 10.1 Å². The Morgan fingerprint density at radius 3 is 2.71 bits per heavy atom. The molecule has 0 aliphatic rings. The molecule has 0 saturated carbocycles. The summed E-state index contributed by atoms with van der Waals surface area (Å²) in [5, 5.41) is 11.5. The second kappa shape index (κ2) is 7.22. The van der Waals surface area contributed by atoms with E-state index in [9.17, 15) is 0 Å². The topological polar surface area (TPSA) is 52.0 Å². The van der Waals surface area contributed by atoms with Crippen LogP contribution in [0.4, 0.5) is 0 Å².